The fourth-order valence-corrected chi connectivity index (χ4v) is 3.99. The third-order valence-corrected chi connectivity index (χ3v) is 5.09. The van der Waals surface area contributed by atoms with Gasteiger partial charge in [-0.1, -0.05) is 85.8 Å². The highest BCUT2D eigenvalue weighted by Crippen LogP contribution is 2.43. The highest BCUT2D eigenvalue weighted by atomic mass is 15.2. The Bertz CT molecular complexity index is 810. The third kappa shape index (κ3) is 2.82. The topological polar surface area (TPSA) is 3.24 Å². The Kier molecular flexibility index (Phi) is 3.86. The van der Waals surface area contributed by atoms with Crippen molar-refractivity contribution in [2.75, 3.05) is 11.4 Å². The first-order valence-electron chi connectivity index (χ1n) is 8.67. The van der Waals surface area contributed by atoms with E-state index < -0.39 is 0 Å². The van der Waals surface area contributed by atoms with Gasteiger partial charge in [-0.2, -0.15) is 0 Å². The molecular formula is C23H23N. The minimum Gasteiger partial charge on any atom is -0.366 e. The summed E-state index contributed by atoms with van der Waals surface area (Å²) in [6.45, 7) is 4.45. The van der Waals surface area contributed by atoms with Gasteiger partial charge in [-0.3, -0.25) is 0 Å². The molecule has 1 atom stereocenters. The standard InChI is InChI=1S/C23H23N/c1-23(16-19-10-4-2-5-11-19)18-24(17-20-12-6-3-7-13-20)22-15-9-8-14-21(22)23/h2-15H,16-18H2,1H3/t23-/m1/s1. The molecule has 0 unspecified atom stereocenters. The van der Waals surface area contributed by atoms with Crippen molar-refractivity contribution in [1.29, 1.82) is 0 Å². The maximum atomic E-state index is 2.54. The van der Waals surface area contributed by atoms with Crippen LogP contribution in [0.3, 0.4) is 0 Å². The second-order valence-electron chi connectivity index (χ2n) is 7.08. The molecule has 4 rings (SSSR count). The molecule has 120 valence electrons. The van der Waals surface area contributed by atoms with E-state index in [0.29, 0.717) is 0 Å². The summed E-state index contributed by atoms with van der Waals surface area (Å²) in [5, 5.41) is 0. The Morgan fingerprint density at radius 1 is 0.750 bits per heavy atom. The van der Waals surface area contributed by atoms with Crippen LogP contribution in [0.25, 0.3) is 0 Å². The smallest absolute Gasteiger partial charge is 0.0429 e. The van der Waals surface area contributed by atoms with Crippen LogP contribution in [-0.2, 0) is 18.4 Å². The Labute approximate surface area is 144 Å². The summed E-state index contributed by atoms with van der Waals surface area (Å²) in [4.78, 5) is 2.54. The van der Waals surface area contributed by atoms with Crippen LogP contribution in [0.5, 0.6) is 0 Å². The molecule has 3 aromatic rings. The summed E-state index contributed by atoms with van der Waals surface area (Å²) in [7, 11) is 0. The van der Waals surface area contributed by atoms with Gasteiger partial charge < -0.3 is 4.90 Å². The SMILES string of the molecule is C[C@@]1(Cc2ccccc2)CN(Cc2ccccc2)c2ccccc21. The van der Waals surface area contributed by atoms with Crippen molar-refractivity contribution in [2.24, 2.45) is 0 Å². The molecule has 0 bridgehead atoms. The summed E-state index contributed by atoms with van der Waals surface area (Å²) >= 11 is 0. The zero-order chi connectivity index (χ0) is 16.4. The number of hydrogen-bond acceptors (Lipinski definition) is 1. The first-order chi connectivity index (χ1) is 11.7. The van der Waals surface area contributed by atoms with Crippen molar-refractivity contribution in [3.63, 3.8) is 0 Å². The van der Waals surface area contributed by atoms with Crippen LogP contribution in [0.1, 0.15) is 23.6 Å². The number of hydrogen-bond donors (Lipinski definition) is 0. The number of fused-ring (bicyclic) bond motifs is 1. The maximum absolute atomic E-state index is 2.54. The predicted molar refractivity (Wildman–Crippen MR) is 101 cm³/mol. The van der Waals surface area contributed by atoms with Gasteiger partial charge in [-0.15, -0.1) is 0 Å². The van der Waals surface area contributed by atoms with Crippen molar-refractivity contribution in [1.82, 2.24) is 0 Å². The van der Waals surface area contributed by atoms with Gasteiger partial charge >= 0.3 is 0 Å². The van der Waals surface area contributed by atoms with Crippen LogP contribution in [0, 0.1) is 0 Å². The van der Waals surface area contributed by atoms with Gasteiger partial charge in [-0.25, -0.2) is 0 Å². The van der Waals surface area contributed by atoms with E-state index in [1.165, 1.54) is 22.4 Å². The summed E-state index contributed by atoms with van der Waals surface area (Å²) in [6, 6.07) is 30.5. The number of benzene rings is 3. The van der Waals surface area contributed by atoms with E-state index in [-0.39, 0.29) is 5.41 Å². The number of para-hydroxylation sites is 1. The normalized spacial score (nSPS) is 19.3. The fraction of sp³-hybridized carbons (Fsp3) is 0.217. The number of anilines is 1. The summed E-state index contributed by atoms with van der Waals surface area (Å²) < 4.78 is 0. The van der Waals surface area contributed by atoms with Crippen LogP contribution in [0.15, 0.2) is 84.9 Å². The van der Waals surface area contributed by atoms with E-state index in [2.05, 4.69) is 96.8 Å². The molecule has 1 heterocycles. The van der Waals surface area contributed by atoms with E-state index in [1.807, 2.05) is 0 Å². The molecule has 0 fully saturated rings. The molecule has 0 N–H and O–H groups in total. The number of nitrogens with zero attached hydrogens (tertiary/aromatic N) is 1. The van der Waals surface area contributed by atoms with E-state index in [0.717, 1.165) is 19.5 Å². The molecule has 1 nitrogen and oxygen atoms in total. The Hall–Kier alpha value is -2.54. The van der Waals surface area contributed by atoms with Crippen molar-refractivity contribution in [3.05, 3.63) is 102 Å². The van der Waals surface area contributed by atoms with Crippen molar-refractivity contribution in [3.8, 4) is 0 Å². The molecule has 0 radical (unpaired) electrons. The molecule has 0 saturated carbocycles. The van der Waals surface area contributed by atoms with Gasteiger partial charge in [0.15, 0.2) is 0 Å². The second kappa shape index (κ2) is 6.16. The van der Waals surface area contributed by atoms with E-state index in [9.17, 15) is 0 Å². The Morgan fingerprint density at radius 3 is 2.04 bits per heavy atom. The molecule has 1 aliphatic heterocycles. The number of rotatable bonds is 4. The van der Waals surface area contributed by atoms with Crippen LogP contribution < -0.4 is 4.90 Å². The highest BCUT2D eigenvalue weighted by molar-refractivity contribution is 5.63. The molecule has 24 heavy (non-hydrogen) atoms. The lowest BCUT2D eigenvalue weighted by Crippen LogP contribution is -2.32. The molecule has 0 aliphatic carbocycles. The van der Waals surface area contributed by atoms with Gasteiger partial charge in [-0.05, 0) is 29.2 Å². The van der Waals surface area contributed by atoms with Gasteiger partial charge in [0.1, 0.15) is 0 Å². The third-order valence-electron chi connectivity index (χ3n) is 5.09. The molecule has 1 heteroatoms. The minimum atomic E-state index is 0.159. The van der Waals surface area contributed by atoms with E-state index >= 15 is 0 Å². The van der Waals surface area contributed by atoms with Gasteiger partial charge in [0, 0.05) is 24.2 Å². The zero-order valence-corrected chi connectivity index (χ0v) is 14.2. The first-order valence-corrected chi connectivity index (χ1v) is 8.67. The van der Waals surface area contributed by atoms with Crippen LogP contribution in [0.2, 0.25) is 0 Å². The molecule has 0 amide bonds. The van der Waals surface area contributed by atoms with Crippen LogP contribution in [0.4, 0.5) is 5.69 Å². The van der Waals surface area contributed by atoms with E-state index in [4.69, 9.17) is 0 Å². The molecule has 1 aliphatic rings. The average molecular weight is 313 g/mol. The molecule has 0 saturated heterocycles. The van der Waals surface area contributed by atoms with Crippen LogP contribution in [-0.4, -0.2) is 6.54 Å². The van der Waals surface area contributed by atoms with Crippen molar-refractivity contribution in [2.45, 2.75) is 25.3 Å². The Balaban J connectivity index is 1.65. The van der Waals surface area contributed by atoms with Crippen LogP contribution >= 0.6 is 0 Å². The largest absolute Gasteiger partial charge is 0.366 e. The van der Waals surface area contributed by atoms with Crippen molar-refractivity contribution < 1.29 is 0 Å². The quantitative estimate of drug-likeness (QED) is 0.639. The average Bonchev–Trinajstić information content (AvgIpc) is 2.89. The Morgan fingerprint density at radius 2 is 1.33 bits per heavy atom. The van der Waals surface area contributed by atoms with Crippen molar-refractivity contribution >= 4 is 5.69 Å². The first kappa shape index (κ1) is 15.0. The van der Waals surface area contributed by atoms with Gasteiger partial charge in [0.25, 0.3) is 0 Å². The van der Waals surface area contributed by atoms with E-state index in [1.54, 1.807) is 0 Å². The lowest BCUT2D eigenvalue weighted by molar-refractivity contribution is 0.493. The second-order valence-corrected chi connectivity index (χ2v) is 7.08. The summed E-state index contributed by atoms with van der Waals surface area (Å²) in [6.07, 6.45) is 1.08. The zero-order valence-electron chi connectivity index (χ0n) is 14.2. The lowest BCUT2D eigenvalue weighted by atomic mass is 9.79. The summed E-state index contributed by atoms with van der Waals surface area (Å²) in [5.74, 6) is 0. The van der Waals surface area contributed by atoms with Gasteiger partial charge in [0.05, 0.1) is 0 Å². The molecule has 3 aromatic carbocycles. The molecule has 0 spiro atoms. The maximum Gasteiger partial charge on any atom is 0.0429 e. The fourth-order valence-electron chi connectivity index (χ4n) is 3.99. The summed E-state index contributed by atoms with van der Waals surface area (Å²) in [5.41, 5.74) is 5.81. The lowest BCUT2D eigenvalue weighted by Gasteiger charge is -2.27. The highest BCUT2D eigenvalue weighted by Gasteiger charge is 2.38. The minimum absolute atomic E-state index is 0.159. The predicted octanol–water partition coefficient (Wildman–Crippen LogP) is 5.21. The monoisotopic (exact) mass is 313 g/mol. The van der Waals surface area contributed by atoms with Gasteiger partial charge in [0.2, 0.25) is 0 Å². The molecule has 0 aromatic heterocycles. The molecular weight excluding hydrogens is 290 g/mol.